The van der Waals surface area contributed by atoms with Crippen molar-refractivity contribution in [3.63, 3.8) is 0 Å². The quantitative estimate of drug-likeness (QED) is 0.779. The SMILES string of the molecule is CCc1ccccc1C(=O)c1cn(C)c(=O)n(C)c1=O. The molecule has 0 amide bonds. The van der Waals surface area contributed by atoms with Crippen LogP contribution in [0.3, 0.4) is 0 Å². The Morgan fingerprint density at radius 3 is 2.40 bits per heavy atom. The Hall–Kier alpha value is -2.43. The molecule has 0 atom stereocenters. The van der Waals surface area contributed by atoms with E-state index in [-0.39, 0.29) is 11.3 Å². The van der Waals surface area contributed by atoms with E-state index >= 15 is 0 Å². The Labute approximate surface area is 116 Å². The van der Waals surface area contributed by atoms with Crippen molar-refractivity contribution < 1.29 is 4.79 Å². The summed E-state index contributed by atoms with van der Waals surface area (Å²) in [5, 5.41) is 0. The average molecular weight is 272 g/mol. The predicted molar refractivity (Wildman–Crippen MR) is 76.2 cm³/mol. The minimum absolute atomic E-state index is 0.00972. The topological polar surface area (TPSA) is 61.1 Å². The number of aryl methyl sites for hydroxylation is 2. The summed E-state index contributed by atoms with van der Waals surface area (Å²) in [6.45, 7) is 1.95. The van der Waals surface area contributed by atoms with Crippen LogP contribution in [0.5, 0.6) is 0 Å². The average Bonchev–Trinajstić information content (AvgIpc) is 2.48. The molecule has 0 aliphatic heterocycles. The van der Waals surface area contributed by atoms with E-state index < -0.39 is 11.2 Å². The van der Waals surface area contributed by atoms with Gasteiger partial charge in [-0.1, -0.05) is 31.2 Å². The number of carbonyl (C=O) groups is 1. The molecule has 0 aliphatic rings. The van der Waals surface area contributed by atoms with Gasteiger partial charge < -0.3 is 4.57 Å². The van der Waals surface area contributed by atoms with Crippen molar-refractivity contribution in [1.29, 1.82) is 0 Å². The molecule has 1 heterocycles. The van der Waals surface area contributed by atoms with Crippen LogP contribution in [-0.2, 0) is 20.5 Å². The fourth-order valence-electron chi connectivity index (χ4n) is 2.16. The van der Waals surface area contributed by atoms with Crippen LogP contribution in [0.2, 0.25) is 0 Å². The van der Waals surface area contributed by atoms with Crippen LogP contribution in [0.25, 0.3) is 0 Å². The fourth-order valence-corrected chi connectivity index (χ4v) is 2.16. The third-order valence-corrected chi connectivity index (χ3v) is 3.33. The van der Waals surface area contributed by atoms with Crippen molar-refractivity contribution in [3.05, 3.63) is 68.0 Å². The molecule has 0 unspecified atom stereocenters. The van der Waals surface area contributed by atoms with E-state index in [4.69, 9.17) is 0 Å². The minimum Gasteiger partial charge on any atom is -0.303 e. The standard InChI is InChI=1S/C15H16N2O3/c1-4-10-7-5-6-8-11(10)13(18)12-9-16(2)15(20)17(3)14(12)19/h5-9H,4H2,1-3H3. The van der Waals surface area contributed by atoms with Gasteiger partial charge in [-0.3, -0.25) is 14.2 Å². The zero-order valence-corrected chi connectivity index (χ0v) is 11.7. The van der Waals surface area contributed by atoms with Crippen LogP contribution >= 0.6 is 0 Å². The fraction of sp³-hybridized carbons (Fsp3) is 0.267. The normalized spacial score (nSPS) is 10.6. The van der Waals surface area contributed by atoms with Crippen molar-refractivity contribution in [2.24, 2.45) is 14.1 Å². The lowest BCUT2D eigenvalue weighted by molar-refractivity contribution is 0.103. The summed E-state index contributed by atoms with van der Waals surface area (Å²) in [4.78, 5) is 36.3. The molecule has 2 rings (SSSR count). The van der Waals surface area contributed by atoms with E-state index in [1.54, 1.807) is 12.1 Å². The minimum atomic E-state index is -0.566. The van der Waals surface area contributed by atoms with Crippen molar-refractivity contribution in [2.45, 2.75) is 13.3 Å². The van der Waals surface area contributed by atoms with Crippen LogP contribution in [0.15, 0.2) is 40.1 Å². The highest BCUT2D eigenvalue weighted by Crippen LogP contribution is 2.13. The molecule has 1 aromatic heterocycles. The van der Waals surface area contributed by atoms with Gasteiger partial charge in [0.1, 0.15) is 5.56 Å². The van der Waals surface area contributed by atoms with Crippen LogP contribution in [0.1, 0.15) is 28.4 Å². The van der Waals surface area contributed by atoms with Gasteiger partial charge >= 0.3 is 5.69 Å². The van der Waals surface area contributed by atoms with Crippen molar-refractivity contribution in [2.75, 3.05) is 0 Å². The third-order valence-electron chi connectivity index (χ3n) is 3.33. The second-order valence-electron chi connectivity index (χ2n) is 4.64. The lowest BCUT2D eigenvalue weighted by atomic mass is 9.98. The summed E-state index contributed by atoms with van der Waals surface area (Å²) >= 11 is 0. The van der Waals surface area contributed by atoms with Crippen molar-refractivity contribution >= 4 is 5.78 Å². The summed E-state index contributed by atoms with van der Waals surface area (Å²) < 4.78 is 2.19. The van der Waals surface area contributed by atoms with Crippen LogP contribution in [0.4, 0.5) is 0 Å². The van der Waals surface area contributed by atoms with E-state index in [0.29, 0.717) is 12.0 Å². The number of hydrogen-bond donors (Lipinski definition) is 0. The Balaban J connectivity index is 2.66. The molecule has 0 bridgehead atoms. The summed E-state index contributed by atoms with van der Waals surface area (Å²) in [6.07, 6.45) is 2.01. The van der Waals surface area contributed by atoms with E-state index in [2.05, 4.69) is 0 Å². The first-order valence-corrected chi connectivity index (χ1v) is 6.36. The lowest BCUT2D eigenvalue weighted by Gasteiger charge is -2.08. The third kappa shape index (κ3) is 2.22. The van der Waals surface area contributed by atoms with Gasteiger partial charge in [-0.25, -0.2) is 4.79 Å². The molecular formula is C15H16N2O3. The molecule has 0 N–H and O–H groups in total. The van der Waals surface area contributed by atoms with Gasteiger partial charge in [0.25, 0.3) is 5.56 Å². The largest absolute Gasteiger partial charge is 0.330 e. The number of nitrogens with zero attached hydrogens (tertiary/aromatic N) is 2. The number of ketones is 1. The Bertz CT molecular complexity index is 784. The van der Waals surface area contributed by atoms with Gasteiger partial charge in [-0.15, -0.1) is 0 Å². The molecule has 1 aromatic carbocycles. The number of aromatic nitrogens is 2. The molecule has 5 heteroatoms. The number of rotatable bonds is 3. The Morgan fingerprint density at radius 2 is 1.75 bits per heavy atom. The zero-order valence-electron chi connectivity index (χ0n) is 11.7. The second-order valence-corrected chi connectivity index (χ2v) is 4.64. The summed E-state index contributed by atoms with van der Waals surface area (Å²) in [6, 6.07) is 7.18. The maximum absolute atomic E-state index is 12.5. The Kier molecular flexibility index (Phi) is 3.70. The first kappa shape index (κ1) is 14.0. The maximum Gasteiger partial charge on any atom is 0.330 e. The number of hydrogen-bond acceptors (Lipinski definition) is 3. The highest BCUT2D eigenvalue weighted by atomic mass is 16.2. The maximum atomic E-state index is 12.5. The van der Waals surface area contributed by atoms with Gasteiger partial charge in [0.2, 0.25) is 0 Å². The molecular weight excluding hydrogens is 256 g/mol. The lowest BCUT2D eigenvalue weighted by Crippen LogP contribution is -2.39. The summed E-state index contributed by atoms with van der Waals surface area (Å²) in [5.74, 6) is -0.348. The van der Waals surface area contributed by atoms with Crippen LogP contribution < -0.4 is 11.2 Å². The molecule has 104 valence electrons. The number of carbonyl (C=O) groups excluding carboxylic acids is 1. The molecule has 2 aromatic rings. The van der Waals surface area contributed by atoms with Gasteiger partial charge in [-0.05, 0) is 12.0 Å². The van der Waals surface area contributed by atoms with E-state index in [1.807, 2.05) is 19.1 Å². The summed E-state index contributed by atoms with van der Waals surface area (Å²) in [5.41, 5.74) is 0.383. The molecule has 20 heavy (non-hydrogen) atoms. The highest BCUT2D eigenvalue weighted by Gasteiger charge is 2.18. The monoisotopic (exact) mass is 272 g/mol. The molecule has 0 aliphatic carbocycles. The van der Waals surface area contributed by atoms with Gasteiger partial charge in [0.15, 0.2) is 5.78 Å². The molecule has 0 saturated carbocycles. The number of benzene rings is 1. The molecule has 0 radical (unpaired) electrons. The van der Waals surface area contributed by atoms with Crippen LogP contribution in [0, 0.1) is 0 Å². The van der Waals surface area contributed by atoms with Crippen molar-refractivity contribution in [1.82, 2.24) is 9.13 Å². The predicted octanol–water partition coefficient (Wildman–Crippen LogP) is 0.877. The highest BCUT2D eigenvalue weighted by molar-refractivity contribution is 6.09. The van der Waals surface area contributed by atoms with Gasteiger partial charge in [0, 0.05) is 25.9 Å². The first-order chi connectivity index (χ1) is 9.47. The molecule has 0 spiro atoms. The smallest absolute Gasteiger partial charge is 0.303 e. The first-order valence-electron chi connectivity index (χ1n) is 6.36. The van der Waals surface area contributed by atoms with E-state index in [0.717, 1.165) is 10.1 Å². The summed E-state index contributed by atoms with van der Waals surface area (Å²) in [7, 11) is 2.89. The van der Waals surface area contributed by atoms with E-state index in [1.165, 1.54) is 24.9 Å². The van der Waals surface area contributed by atoms with Crippen LogP contribution in [-0.4, -0.2) is 14.9 Å². The molecule has 0 fully saturated rings. The van der Waals surface area contributed by atoms with Gasteiger partial charge in [0.05, 0.1) is 0 Å². The van der Waals surface area contributed by atoms with E-state index in [9.17, 15) is 14.4 Å². The molecule has 5 nitrogen and oxygen atoms in total. The molecule has 0 saturated heterocycles. The zero-order chi connectivity index (χ0) is 14.9. The Morgan fingerprint density at radius 1 is 1.10 bits per heavy atom. The second kappa shape index (κ2) is 5.28. The van der Waals surface area contributed by atoms with Gasteiger partial charge in [-0.2, -0.15) is 0 Å². The van der Waals surface area contributed by atoms with Crippen molar-refractivity contribution in [3.8, 4) is 0 Å².